The van der Waals surface area contributed by atoms with Gasteiger partial charge in [-0.2, -0.15) is 0 Å². The van der Waals surface area contributed by atoms with Crippen molar-refractivity contribution in [3.05, 3.63) is 108 Å². The van der Waals surface area contributed by atoms with E-state index in [9.17, 15) is 14.4 Å². The van der Waals surface area contributed by atoms with Gasteiger partial charge in [0.15, 0.2) is 0 Å². The van der Waals surface area contributed by atoms with E-state index in [-0.39, 0.29) is 30.1 Å². The van der Waals surface area contributed by atoms with Gasteiger partial charge in [-0.3, -0.25) is 24.3 Å². The molecule has 10 heteroatoms. The van der Waals surface area contributed by atoms with Gasteiger partial charge >= 0.3 is 0 Å². The fraction of sp³-hybridized carbons (Fsp3) is 0.419. The van der Waals surface area contributed by atoms with Crippen molar-refractivity contribution >= 4 is 29.2 Å². The molecule has 2 aliphatic rings. The average molecular weight is 718 g/mol. The van der Waals surface area contributed by atoms with Crippen LogP contribution in [0.5, 0.6) is 11.5 Å². The molecule has 1 aliphatic carbocycles. The summed E-state index contributed by atoms with van der Waals surface area (Å²) in [6.07, 6.45) is 12.3. The first kappa shape index (κ1) is 37.5. The van der Waals surface area contributed by atoms with Crippen molar-refractivity contribution in [1.82, 2.24) is 14.9 Å². The fourth-order valence-corrected chi connectivity index (χ4v) is 7.91. The molecule has 0 N–H and O–H groups in total. The Morgan fingerprint density at radius 3 is 2.00 bits per heavy atom. The van der Waals surface area contributed by atoms with Crippen LogP contribution < -0.4 is 19.3 Å². The van der Waals surface area contributed by atoms with Crippen LogP contribution in [0, 0.1) is 17.8 Å². The number of carbonyl (C=O) groups excluding carboxylic acids is 3. The number of imide groups is 1. The largest absolute Gasteiger partial charge is 0.497 e. The summed E-state index contributed by atoms with van der Waals surface area (Å²) in [5, 5.41) is 0. The maximum atomic E-state index is 14.2. The Morgan fingerprint density at radius 2 is 1.43 bits per heavy atom. The number of methoxy groups -OCH3 is 2. The van der Waals surface area contributed by atoms with Crippen molar-refractivity contribution in [2.45, 2.75) is 77.4 Å². The lowest BCUT2D eigenvalue weighted by Crippen LogP contribution is -2.69. The number of hydrogen-bond donors (Lipinski definition) is 0. The Labute approximate surface area is 313 Å². The predicted molar refractivity (Wildman–Crippen MR) is 206 cm³/mol. The number of anilines is 2. The van der Waals surface area contributed by atoms with E-state index in [1.807, 2.05) is 60.7 Å². The molecule has 0 radical (unpaired) electrons. The quantitative estimate of drug-likeness (QED) is 0.119. The van der Waals surface area contributed by atoms with E-state index in [1.165, 1.54) is 29.1 Å². The van der Waals surface area contributed by atoms with Gasteiger partial charge in [0, 0.05) is 50.8 Å². The lowest BCUT2D eigenvalue weighted by atomic mass is 9.76. The Hall–Kier alpha value is -5.25. The molecule has 278 valence electrons. The molecule has 0 unspecified atom stereocenters. The third-order valence-corrected chi connectivity index (χ3v) is 11.0. The summed E-state index contributed by atoms with van der Waals surface area (Å²) in [6, 6.07) is 22.4. The van der Waals surface area contributed by atoms with Crippen LogP contribution in [-0.2, 0) is 33.9 Å². The third-order valence-electron chi connectivity index (χ3n) is 11.0. The van der Waals surface area contributed by atoms with Crippen molar-refractivity contribution in [1.29, 1.82) is 0 Å². The van der Waals surface area contributed by atoms with E-state index in [4.69, 9.17) is 14.5 Å². The standard InChI is InChI=1S/C43H51N5O5/c1-5-33(34-9-7-6-8-10-34)27-40(49)48-41(43(51)46(2)35-20-22-44-23-21-35)38(42(48)50)25-32-19-24-45-39(26-32)47(28-30-11-15-36(52-3)16-12-30)29-31-13-17-37(53-4)18-14-31/h11-24,26,33-34,38,41H,5-10,25,27-29H2,1-4H3/t33-,38+,41-/m0/s1. The van der Waals surface area contributed by atoms with Crippen molar-refractivity contribution in [3.63, 3.8) is 0 Å². The zero-order chi connectivity index (χ0) is 37.3. The van der Waals surface area contributed by atoms with Gasteiger partial charge in [-0.1, -0.05) is 69.7 Å². The number of carbonyl (C=O) groups is 3. The van der Waals surface area contributed by atoms with Gasteiger partial charge in [0.2, 0.25) is 11.8 Å². The lowest BCUT2D eigenvalue weighted by Gasteiger charge is -2.46. The molecule has 2 aromatic carbocycles. The van der Waals surface area contributed by atoms with Crippen LogP contribution in [0.4, 0.5) is 11.5 Å². The summed E-state index contributed by atoms with van der Waals surface area (Å²) in [4.78, 5) is 56.1. The molecule has 2 fully saturated rings. The molecule has 0 bridgehead atoms. The number of rotatable bonds is 15. The SMILES string of the molecule is CC[C@@H](CC(=O)N1C(=O)[C@H](Cc2ccnc(N(Cc3ccc(OC)cc3)Cc3ccc(OC)cc3)c2)[C@H]1C(=O)N(C)c1ccncc1)C1CCCCC1. The fourth-order valence-electron chi connectivity index (χ4n) is 7.91. The van der Waals surface area contributed by atoms with Crippen molar-refractivity contribution < 1.29 is 23.9 Å². The summed E-state index contributed by atoms with van der Waals surface area (Å²) in [5.74, 6) is 1.49. The van der Waals surface area contributed by atoms with Gasteiger partial charge in [0.1, 0.15) is 23.4 Å². The molecule has 10 nitrogen and oxygen atoms in total. The molecular formula is C43H51N5O5. The minimum atomic E-state index is -0.900. The zero-order valence-electron chi connectivity index (χ0n) is 31.3. The normalized spacial score (nSPS) is 17.8. The summed E-state index contributed by atoms with van der Waals surface area (Å²) in [6.45, 7) is 3.28. The number of amides is 3. The van der Waals surface area contributed by atoms with Crippen LogP contribution in [0.15, 0.2) is 91.4 Å². The third kappa shape index (κ3) is 8.87. The maximum absolute atomic E-state index is 14.2. The second-order valence-electron chi connectivity index (χ2n) is 14.3. The van der Waals surface area contributed by atoms with Crippen molar-refractivity contribution in [2.24, 2.45) is 17.8 Å². The van der Waals surface area contributed by atoms with Crippen LogP contribution >= 0.6 is 0 Å². The number of benzene rings is 2. The van der Waals surface area contributed by atoms with E-state index < -0.39 is 12.0 Å². The molecule has 6 rings (SSSR count). The molecule has 2 aromatic heterocycles. The number of nitrogens with zero attached hydrogens (tertiary/aromatic N) is 5. The van der Waals surface area contributed by atoms with Gasteiger partial charge in [0.05, 0.1) is 20.1 Å². The number of pyridine rings is 2. The second kappa shape index (κ2) is 17.5. The molecule has 1 saturated carbocycles. The smallest absolute Gasteiger partial charge is 0.250 e. The number of β-lactam (4-membered cyclic amide) rings is 1. The van der Waals surface area contributed by atoms with E-state index in [0.29, 0.717) is 31.1 Å². The molecule has 3 amide bonds. The first-order chi connectivity index (χ1) is 25.8. The minimum Gasteiger partial charge on any atom is -0.497 e. The minimum absolute atomic E-state index is 0.202. The van der Waals surface area contributed by atoms with E-state index in [2.05, 4.69) is 16.8 Å². The van der Waals surface area contributed by atoms with Gasteiger partial charge < -0.3 is 19.3 Å². The molecule has 3 heterocycles. The average Bonchev–Trinajstić information content (AvgIpc) is 3.21. The molecule has 1 saturated heterocycles. The number of aromatic nitrogens is 2. The molecule has 3 atom stereocenters. The highest BCUT2D eigenvalue weighted by Crippen LogP contribution is 2.38. The summed E-state index contributed by atoms with van der Waals surface area (Å²) in [5.41, 5.74) is 3.69. The predicted octanol–water partition coefficient (Wildman–Crippen LogP) is 7.26. The summed E-state index contributed by atoms with van der Waals surface area (Å²) >= 11 is 0. The van der Waals surface area contributed by atoms with Crippen LogP contribution in [0.25, 0.3) is 0 Å². The first-order valence-electron chi connectivity index (χ1n) is 18.8. The van der Waals surface area contributed by atoms with E-state index in [1.54, 1.807) is 52.0 Å². The molecule has 53 heavy (non-hydrogen) atoms. The second-order valence-corrected chi connectivity index (χ2v) is 14.3. The summed E-state index contributed by atoms with van der Waals surface area (Å²) < 4.78 is 10.7. The summed E-state index contributed by atoms with van der Waals surface area (Å²) in [7, 11) is 4.99. The van der Waals surface area contributed by atoms with Gasteiger partial charge in [0.25, 0.3) is 5.91 Å². The first-order valence-corrected chi connectivity index (χ1v) is 18.8. The Kier molecular flexibility index (Phi) is 12.4. The lowest BCUT2D eigenvalue weighted by molar-refractivity contribution is -0.171. The van der Waals surface area contributed by atoms with Crippen molar-refractivity contribution in [3.8, 4) is 11.5 Å². The van der Waals surface area contributed by atoms with Crippen LogP contribution in [0.2, 0.25) is 0 Å². The topological polar surface area (TPSA) is 105 Å². The van der Waals surface area contributed by atoms with Crippen LogP contribution in [0.1, 0.15) is 68.6 Å². The Morgan fingerprint density at radius 1 is 0.830 bits per heavy atom. The number of likely N-dealkylation sites (N-methyl/N-ethyl adjacent to an activating group) is 1. The highest BCUT2D eigenvalue weighted by Gasteiger charge is 2.55. The molecule has 0 spiro atoms. The highest BCUT2D eigenvalue weighted by atomic mass is 16.5. The van der Waals surface area contributed by atoms with Gasteiger partial charge in [-0.25, -0.2) is 4.98 Å². The monoisotopic (exact) mass is 717 g/mol. The number of ether oxygens (including phenoxy) is 2. The Balaban J connectivity index is 1.26. The van der Waals surface area contributed by atoms with Crippen molar-refractivity contribution in [2.75, 3.05) is 31.1 Å². The highest BCUT2D eigenvalue weighted by molar-refractivity contribution is 6.12. The number of likely N-dealkylation sites (tertiary alicyclic amines) is 1. The van der Waals surface area contributed by atoms with Gasteiger partial charge in [-0.05, 0) is 83.5 Å². The van der Waals surface area contributed by atoms with E-state index >= 15 is 0 Å². The van der Waals surface area contributed by atoms with Crippen LogP contribution in [-0.4, -0.2) is 59.9 Å². The molecular weight excluding hydrogens is 667 g/mol. The van der Waals surface area contributed by atoms with E-state index in [0.717, 1.165) is 53.3 Å². The maximum Gasteiger partial charge on any atom is 0.250 e. The molecule has 1 aliphatic heterocycles. The van der Waals surface area contributed by atoms with Gasteiger partial charge in [-0.15, -0.1) is 0 Å². The molecule has 4 aromatic rings. The zero-order valence-corrected chi connectivity index (χ0v) is 31.3. The Bertz CT molecular complexity index is 1780. The number of hydrogen-bond acceptors (Lipinski definition) is 8. The van der Waals surface area contributed by atoms with Crippen LogP contribution in [0.3, 0.4) is 0 Å².